The lowest BCUT2D eigenvalue weighted by molar-refractivity contribution is -0.145. The Balaban J connectivity index is 1.43. The van der Waals surface area contributed by atoms with E-state index in [-0.39, 0.29) is 29.7 Å². The van der Waals surface area contributed by atoms with Gasteiger partial charge in [-0.2, -0.15) is 0 Å². The van der Waals surface area contributed by atoms with E-state index in [0.29, 0.717) is 30.2 Å². The first-order valence-corrected chi connectivity index (χ1v) is 12.8. The van der Waals surface area contributed by atoms with Crippen molar-refractivity contribution in [2.75, 3.05) is 18.4 Å². The molecule has 2 fully saturated rings. The van der Waals surface area contributed by atoms with Gasteiger partial charge < -0.3 is 10.1 Å². The molecule has 0 bridgehead atoms. The molecule has 0 radical (unpaired) electrons. The number of carbonyl (C=O) groups excluding carboxylic acids is 1. The van der Waals surface area contributed by atoms with Crippen molar-refractivity contribution in [3.63, 3.8) is 0 Å². The van der Waals surface area contributed by atoms with Gasteiger partial charge in [-0.05, 0) is 50.6 Å². The van der Waals surface area contributed by atoms with E-state index < -0.39 is 5.97 Å². The molecule has 1 N–H and O–H groups in total. The van der Waals surface area contributed by atoms with Gasteiger partial charge in [-0.25, -0.2) is 4.98 Å². The summed E-state index contributed by atoms with van der Waals surface area (Å²) in [4.78, 5) is 32.6. The average molecular weight is 487 g/mol. The zero-order valence-electron chi connectivity index (χ0n) is 20.1. The molecule has 2 atom stereocenters. The topological polar surface area (TPSA) is 76.5 Å². The van der Waals surface area contributed by atoms with Gasteiger partial charge in [0.05, 0.1) is 5.69 Å². The van der Waals surface area contributed by atoms with Crippen LogP contribution in [0.2, 0.25) is 5.15 Å². The number of hydrogen-bond donors (Lipinski definition) is 1. The van der Waals surface area contributed by atoms with Crippen LogP contribution in [-0.4, -0.2) is 45.6 Å². The zero-order chi connectivity index (χ0) is 24.1. The Kier molecular flexibility index (Phi) is 8.27. The van der Waals surface area contributed by atoms with E-state index >= 15 is 0 Å². The van der Waals surface area contributed by atoms with Gasteiger partial charge in [0.2, 0.25) is 0 Å². The Morgan fingerprint density at radius 1 is 1.21 bits per heavy atom. The maximum Gasteiger partial charge on any atom is 0.326 e. The molecule has 0 unspecified atom stereocenters. The second kappa shape index (κ2) is 11.4. The van der Waals surface area contributed by atoms with E-state index in [9.17, 15) is 9.59 Å². The van der Waals surface area contributed by atoms with Crippen LogP contribution in [0.3, 0.4) is 0 Å². The van der Waals surface area contributed by atoms with Crippen LogP contribution < -0.4 is 10.9 Å². The second-order valence-electron chi connectivity index (χ2n) is 9.71. The lowest BCUT2D eigenvalue weighted by Gasteiger charge is -2.42. The van der Waals surface area contributed by atoms with Crippen molar-refractivity contribution in [2.45, 2.75) is 77.6 Å². The Hall–Kier alpha value is -2.38. The Labute approximate surface area is 206 Å². The van der Waals surface area contributed by atoms with Crippen molar-refractivity contribution in [1.82, 2.24) is 14.5 Å². The fourth-order valence-electron chi connectivity index (χ4n) is 5.24. The molecule has 4 rings (SSSR count). The molecule has 7 nitrogen and oxygen atoms in total. The van der Waals surface area contributed by atoms with Gasteiger partial charge in [-0.3, -0.25) is 19.1 Å². The molecule has 1 saturated carbocycles. The van der Waals surface area contributed by atoms with E-state index in [1.807, 2.05) is 30.3 Å². The summed E-state index contributed by atoms with van der Waals surface area (Å²) in [6.07, 6.45) is 7.45. The zero-order valence-corrected chi connectivity index (χ0v) is 20.9. The number of anilines is 1. The molecule has 1 saturated heterocycles. The van der Waals surface area contributed by atoms with Crippen molar-refractivity contribution in [3.8, 4) is 0 Å². The maximum absolute atomic E-state index is 13.2. The number of benzene rings is 1. The number of nitrogens with one attached hydrogen (secondary N) is 1. The minimum absolute atomic E-state index is 0.161. The molecule has 2 heterocycles. The van der Waals surface area contributed by atoms with Crippen LogP contribution in [0.25, 0.3) is 0 Å². The van der Waals surface area contributed by atoms with Crippen molar-refractivity contribution in [1.29, 1.82) is 0 Å². The summed E-state index contributed by atoms with van der Waals surface area (Å²) in [6, 6.07) is 10.5. The monoisotopic (exact) mass is 486 g/mol. The molecule has 0 amide bonds. The highest BCUT2D eigenvalue weighted by atomic mass is 35.5. The summed E-state index contributed by atoms with van der Waals surface area (Å²) < 4.78 is 6.72. The molecule has 1 aliphatic carbocycles. The second-order valence-corrected chi connectivity index (χ2v) is 10.1. The number of halogens is 1. The predicted molar refractivity (Wildman–Crippen MR) is 134 cm³/mol. The van der Waals surface area contributed by atoms with Crippen molar-refractivity contribution in [3.05, 3.63) is 57.1 Å². The number of rotatable bonds is 8. The highest BCUT2D eigenvalue weighted by Crippen LogP contribution is 2.31. The molecule has 2 aromatic rings. The lowest BCUT2D eigenvalue weighted by Crippen LogP contribution is -2.50. The van der Waals surface area contributed by atoms with Crippen LogP contribution in [0.5, 0.6) is 0 Å². The SMILES string of the molecule is Cc1c(Cl)nc(NC[C@H]2C[C@H](C)CCN2C2CCCC2)c(=O)n1CC(=O)OCc1ccccc1. The minimum atomic E-state index is -0.490. The van der Waals surface area contributed by atoms with E-state index in [2.05, 4.69) is 22.1 Å². The third-order valence-corrected chi connectivity index (χ3v) is 7.57. The molecule has 1 aromatic heterocycles. The number of esters is 1. The van der Waals surface area contributed by atoms with Crippen molar-refractivity contribution < 1.29 is 9.53 Å². The molecule has 1 aromatic carbocycles. The number of carbonyl (C=O) groups is 1. The summed E-state index contributed by atoms with van der Waals surface area (Å²) in [6.45, 7) is 5.69. The van der Waals surface area contributed by atoms with E-state index in [1.54, 1.807) is 6.92 Å². The van der Waals surface area contributed by atoms with Crippen LogP contribution in [0.4, 0.5) is 5.82 Å². The largest absolute Gasteiger partial charge is 0.459 e. The van der Waals surface area contributed by atoms with Gasteiger partial charge in [0.15, 0.2) is 11.0 Å². The first-order chi connectivity index (χ1) is 16.4. The van der Waals surface area contributed by atoms with Gasteiger partial charge in [0.1, 0.15) is 13.2 Å². The number of likely N-dealkylation sites (tertiary alicyclic amines) is 1. The quantitative estimate of drug-likeness (QED) is 0.557. The summed E-state index contributed by atoms with van der Waals surface area (Å²) in [7, 11) is 0. The molecule has 2 aliphatic rings. The number of piperidine rings is 1. The Morgan fingerprint density at radius 3 is 2.68 bits per heavy atom. The number of hydrogen-bond acceptors (Lipinski definition) is 6. The smallest absolute Gasteiger partial charge is 0.326 e. The highest BCUT2D eigenvalue weighted by Gasteiger charge is 2.33. The number of aromatic nitrogens is 2. The molecule has 0 spiro atoms. The van der Waals surface area contributed by atoms with Crippen LogP contribution in [0, 0.1) is 12.8 Å². The fraction of sp³-hybridized carbons (Fsp3) is 0.577. The number of nitrogens with zero attached hydrogens (tertiary/aromatic N) is 3. The van der Waals surface area contributed by atoms with Gasteiger partial charge in [-0.1, -0.05) is 61.7 Å². The van der Waals surface area contributed by atoms with Crippen molar-refractivity contribution >= 4 is 23.4 Å². The van der Waals surface area contributed by atoms with E-state index in [1.165, 1.54) is 36.7 Å². The first-order valence-electron chi connectivity index (χ1n) is 12.4. The summed E-state index contributed by atoms with van der Waals surface area (Å²) >= 11 is 6.35. The minimum Gasteiger partial charge on any atom is -0.459 e. The molecule has 1 aliphatic heterocycles. The maximum atomic E-state index is 13.2. The highest BCUT2D eigenvalue weighted by molar-refractivity contribution is 6.30. The van der Waals surface area contributed by atoms with Crippen molar-refractivity contribution in [2.24, 2.45) is 5.92 Å². The average Bonchev–Trinajstić information content (AvgIpc) is 3.37. The molecular formula is C26H35ClN4O3. The normalized spacial score (nSPS) is 21.5. The molecule has 34 heavy (non-hydrogen) atoms. The van der Waals surface area contributed by atoms with Crippen LogP contribution in [-0.2, 0) is 22.7 Å². The summed E-state index contributed by atoms with van der Waals surface area (Å²) in [5.41, 5.74) is 0.992. The lowest BCUT2D eigenvalue weighted by atomic mass is 9.90. The van der Waals surface area contributed by atoms with Gasteiger partial charge in [0.25, 0.3) is 5.56 Å². The van der Waals surface area contributed by atoms with E-state index in [4.69, 9.17) is 16.3 Å². The fourth-order valence-corrected chi connectivity index (χ4v) is 5.42. The number of ether oxygens (including phenoxy) is 1. The summed E-state index contributed by atoms with van der Waals surface area (Å²) in [5.74, 6) is 0.363. The third-order valence-electron chi connectivity index (χ3n) is 7.21. The first kappa shape index (κ1) is 24.7. The van der Waals surface area contributed by atoms with Crippen LogP contribution in [0.1, 0.15) is 56.7 Å². The van der Waals surface area contributed by atoms with E-state index in [0.717, 1.165) is 18.5 Å². The van der Waals surface area contributed by atoms with Gasteiger partial charge >= 0.3 is 5.97 Å². The molecule has 8 heteroatoms. The van der Waals surface area contributed by atoms with Crippen LogP contribution >= 0.6 is 11.6 Å². The molecular weight excluding hydrogens is 452 g/mol. The van der Waals surface area contributed by atoms with Gasteiger partial charge in [0, 0.05) is 18.6 Å². The Morgan fingerprint density at radius 2 is 1.94 bits per heavy atom. The standard InChI is InChI=1S/C26H35ClN4O3/c1-18-12-13-30(21-10-6-7-11-21)22(14-18)15-28-25-26(33)31(19(2)24(27)29-25)16-23(32)34-17-20-8-4-3-5-9-20/h3-5,8-9,18,21-22H,6-7,10-17H2,1-2H3,(H,28,29)/t18-,22-/m1/s1. The molecule has 184 valence electrons. The Bertz CT molecular complexity index is 1040. The summed E-state index contributed by atoms with van der Waals surface area (Å²) in [5, 5.41) is 3.48. The predicted octanol–water partition coefficient (Wildman–Crippen LogP) is 4.40. The van der Waals surface area contributed by atoms with Gasteiger partial charge in [-0.15, -0.1) is 0 Å². The third kappa shape index (κ3) is 5.99. The van der Waals surface area contributed by atoms with Crippen LogP contribution in [0.15, 0.2) is 35.1 Å².